The molecule has 1 aromatic rings. The van der Waals surface area contributed by atoms with Crippen LogP contribution in [0.15, 0.2) is 12.1 Å². The van der Waals surface area contributed by atoms with E-state index in [1.165, 1.54) is 32.1 Å². The summed E-state index contributed by atoms with van der Waals surface area (Å²) >= 11 is 0. The van der Waals surface area contributed by atoms with Gasteiger partial charge in [-0.15, -0.1) is 0 Å². The zero-order valence-electron chi connectivity index (χ0n) is 13.7. The Hall–Kier alpha value is -1.25. The molecule has 1 aromatic carbocycles. The predicted molar refractivity (Wildman–Crippen MR) is 86.2 cm³/mol. The van der Waals surface area contributed by atoms with Crippen LogP contribution in [-0.2, 0) is 0 Å². The Bertz CT molecular complexity index is 514. The van der Waals surface area contributed by atoms with Crippen molar-refractivity contribution in [3.63, 3.8) is 0 Å². The number of fused-ring (bicyclic) bond motifs is 3. The molecule has 0 N–H and O–H groups in total. The van der Waals surface area contributed by atoms with Gasteiger partial charge in [0.2, 0.25) is 5.82 Å². The van der Waals surface area contributed by atoms with Gasteiger partial charge >= 0.3 is 0 Å². The van der Waals surface area contributed by atoms with Crippen molar-refractivity contribution in [2.45, 2.75) is 70.8 Å². The lowest BCUT2D eigenvalue weighted by Gasteiger charge is -2.30. The SMILES string of the molecule is CCCCCC1CCC2c3ccc(OCC)c(F)c3OC2C1. The molecule has 1 aliphatic heterocycles. The summed E-state index contributed by atoms with van der Waals surface area (Å²) in [6.45, 7) is 4.59. The third-order valence-corrected chi connectivity index (χ3v) is 5.18. The summed E-state index contributed by atoms with van der Waals surface area (Å²) in [5.74, 6) is 1.59. The molecule has 2 nitrogen and oxygen atoms in total. The summed E-state index contributed by atoms with van der Waals surface area (Å²) in [5.41, 5.74) is 1.05. The second-order valence-electron chi connectivity index (χ2n) is 6.67. The van der Waals surface area contributed by atoms with Gasteiger partial charge in [-0.25, -0.2) is 0 Å². The maximum Gasteiger partial charge on any atom is 0.207 e. The highest BCUT2D eigenvalue weighted by Crippen LogP contribution is 2.50. The van der Waals surface area contributed by atoms with E-state index < -0.39 is 0 Å². The van der Waals surface area contributed by atoms with Crippen LogP contribution >= 0.6 is 0 Å². The molecule has 0 saturated heterocycles. The quantitative estimate of drug-likeness (QED) is 0.651. The molecule has 1 saturated carbocycles. The first kappa shape index (κ1) is 15.6. The smallest absolute Gasteiger partial charge is 0.207 e. The molecule has 0 radical (unpaired) electrons. The number of ether oxygens (including phenoxy) is 2. The van der Waals surface area contributed by atoms with Crippen molar-refractivity contribution in [2.75, 3.05) is 6.61 Å². The van der Waals surface area contributed by atoms with E-state index >= 15 is 0 Å². The number of hydrogen-bond donors (Lipinski definition) is 0. The highest BCUT2D eigenvalue weighted by atomic mass is 19.1. The van der Waals surface area contributed by atoms with Crippen LogP contribution in [0.3, 0.4) is 0 Å². The zero-order valence-corrected chi connectivity index (χ0v) is 13.7. The van der Waals surface area contributed by atoms with Gasteiger partial charge in [0.15, 0.2) is 11.5 Å². The molecule has 0 aromatic heterocycles. The Kier molecular flexibility index (Phi) is 4.90. The second kappa shape index (κ2) is 6.89. The molecule has 2 aliphatic rings. The van der Waals surface area contributed by atoms with Crippen molar-refractivity contribution in [2.24, 2.45) is 5.92 Å². The van der Waals surface area contributed by atoms with Crippen LogP contribution in [0.4, 0.5) is 4.39 Å². The number of unbranched alkanes of at least 4 members (excludes halogenated alkanes) is 2. The summed E-state index contributed by atoms with van der Waals surface area (Å²) in [6.07, 6.45) is 8.82. The molecule has 0 bridgehead atoms. The minimum absolute atomic E-state index is 0.168. The summed E-state index contributed by atoms with van der Waals surface area (Å²) in [7, 11) is 0. The molecule has 3 heteroatoms. The lowest BCUT2D eigenvalue weighted by Crippen LogP contribution is -2.28. The number of benzene rings is 1. The van der Waals surface area contributed by atoms with E-state index in [9.17, 15) is 4.39 Å². The average molecular weight is 306 g/mol. The summed E-state index contributed by atoms with van der Waals surface area (Å²) in [5, 5.41) is 0. The molecule has 0 amide bonds. The molecular formula is C19H27FO2. The molecule has 1 fully saturated rings. The van der Waals surface area contributed by atoms with Crippen molar-refractivity contribution in [3.05, 3.63) is 23.5 Å². The Morgan fingerprint density at radius 1 is 1.23 bits per heavy atom. The van der Waals surface area contributed by atoms with E-state index in [0.29, 0.717) is 24.0 Å². The van der Waals surface area contributed by atoms with Crippen LogP contribution in [0.2, 0.25) is 0 Å². The second-order valence-corrected chi connectivity index (χ2v) is 6.67. The van der Waals surface area contributed by atoms with Gasteiger partial charge in [0.05, 0.1) is 6.61 Å². The maximum atomic E-state index is 14.5. The molecule has 1 aliphatic carbocycles. The van der Waals surface area contributed by atoms with Crippen molar-refractivity contribution < 1.29 is 13.9 Å². The Morgan fingerprint density at radius 2 is 2.09 bits per heavy atom. The van der Waals surface area contributed by atoms with Crippen molar-refractivity contribution in [1.29, 1.82) is 0 Å². The third kappa shape index (κ3) is 2.95. The first-order chi connectivity index (χ1) is 10.7. The molecule has 22 heavy (non-hydrogen) atoms. The maximum absolute atomic E-state index is 14.5. The highest BCUT2D eigenvalue weighted by Gasteiger charge is 2.41. The minimum atomic E-state index is -0.309. The van der Waals surface area contributed by atoms with Gasteiger partial charge in [-0.2, -0.15) is 4.39 Å². The standard InChI is InChI=1S/C19H27FO2/c1-3-5-6-7-13-8-9-14-15-10-11-16(21-4-2)18(20)19(15)22-17(14)12-13/h10-11,13-14,17H,3-9,12H2,1-2H3. The van der Waals surface area contributed by atoms with E-state index in [0.717, 1.165) is 24.3 Å². The predicted octanol–water partition coefficient (Wildman–Crippen LogP) is 5.45. The molecule has 0 spiro atoms. The molecule has 3 unspecified atom stereocenters. The Morgan fingerprint density at radius 3 is 2.86 bits per heavy atom. The van der Waals surface area contributed by atoms with Gasteiger partial charge in [-0.3, -0.25) is 0 Å². The lowest BCUT2D eigenvalue weighted by atomic mass is 9.76. The topological polar surface area (TPSA) is 18.5 Å². The van der Waals surface area contributed by atoms with Gasteiger partial charge in [0.25, 0.3) is 0 Å². The van der Waals surface area contributed by atoms with E-state index in [4.69, 9.17) is 9.47 Å². The Balaban J connectivity index is 1.69. The van der Waals surface area contributed by atoms with Gasteiger partial charge in [0.1, 0.15) is 6.10 Å². The fraction of sp³-hybridized carbons (Fsp3) is 0.684. The normalized spacial score (nSPS) is 26.2. The van der Waals surface area contributed by atoms with Crippen molar-refractivity contribution in [1.82, 2.24) is 0 Å². The molecule has 122 valence electrons. The van der Waals surface area contributed by atoms with E-state index in [1.807, 2.05) is 13.0 Å². The van der Waals surface area contributed by atoms with Gasteiger partial charge in [-0.05, 0) is 38.2 Å². The van der Waals surface area contributed by atoms with Gasteiger partial charge in [0, 0.05) is 11.5 Å². The molecule has 3 atom stereocenters. The molecular weight excluding hydrogens is 279 g/mol. The number of rotatable bonds is 6. The summed E-state index contributed by atoms with van der Waals surface area (Å²) in [6, 6.07) is 3.77. The van der Waals surface area contributed by atoms with Crippen LogP contribution < -0.4 is 9.47 Å². The lowest BCUT2D eigenvalue weighted by molar-refractivity contribution is 0.121. The van der Waals surface area contributed by atoms with Crippen LogP contribution in [0, 0.1) is 11.7 Å². The minimum Gasteiger partial charge on any atom is -0.491 e. The van der Waals surface area contributed by atoms with Crippen molar-refractivity contribution >= 4 is 0 Å². The fourth-order valence-electron chi connectivity index (χ4n) is 4.03. The first-order valence-corrected chi connectivity index (χ1v) is 8.86. The number of halogens is 1. The van der Waals surface area contributed by atoms with Crippen LogP contribution in [0.25, 0.3) is 0 Å². The fourth-order valence-corrected chi connectivity index (χ4v) is 4.03. The average Bonchev–Trinajstić information content (AvgIpc) is 2.89. The highest BCUT2D eigenvalue weighted by molar-refractivity contribution is 5.48. The van der Waals surface area contributed by atoms with Crippen LogP contribution in [-0.4, -0.2) is 12.7 Å². The van der Waals surface area contributed by atoms with E-state index in [1.54, 1.807) is 6.07 Å². The number of hydrogen-bond acceptors (Lipinski definition) is 2. The van der Waals surface area contributed by atoms with Crippen LogP contribution in [0.5, 0.6) is 11.5 Å². The molecule has 3 rings (SSSR count). The van der Waals surface area contributed by atoms with Crippen molar-refractivity contribution in [3.8, 4) is 11.5 Å². The zero-order chi connectivity index (χ0) is 15.5. The van der Waals surface area contributed by atoms with Gasteiger partial charge < -0.3 is 9.47 Å². The Labute approximate surface area is 133 Å². The van der Waals surface area contributed by atoms with Crippen LogP contribution in [0.1, 0.15) is 70.3 Å². The van der Waals surface area contributed by atoms with E-state index in [2.05, 4.69) is 6.92 Å². The first-order valence-electron chi connectivity index (χ1n) is 8.86. The summed E-state index contributed by atoms with van der Waals surface area (Å²) in [4.78, 5) is 0. The monoisotopic (exact) mass is 306 g/mol. The van der Waals surface area contributed by atoms with E-state index in [-0.39, 0.29) is 11.9 Å². The third-order valence-electron chi connectivity index (χ3n) is 5.18. The molecule has 1 heterocycles. The summed E-state index contributed by atoms with van der Waals surface area (Å²) < 4.78 is 25.9. The van der Waals surface area contributed by atoms with Gasteiger partial charge in [-0.1, -0.05) is 38.7 Å². The largest absolute Gasteiger partial charge is 0.491 e.